The molecule has 0 heterocycles. The van der Waals surface area contributed by atoms with E-state index in [1.165, 1.54) is 0 Å². The van der Waals surface area contributed by atoms with Gasteiger partial charge in [-0.1, -0.05) is 6.92 Å². The minimum atomic E-state index is -0.995. The van der Waals surface area contributed by atoms with Crippen molar-refractivity contribution in [1.82, 2.24) is 0 Å². The summed E-state index contributed by atoms with van der Waals surface area (Å²) in [5, 5.41) is 36.5. The van der Waals surface area contributed by atoms with E-state index in [2.05, 4.69) is 0 Å². The molecule has 0 saturated heterocycles. The Hall–Kier alpha value is -0.160. The van der Waals surface area contributed by atoms with Gasteiger partial charge in [0.2, 0.25) is 0 Å². The summed E-state index contributed by atoms with van der Waals surface area (Å²) in [6, 6.07) is 0. The van der Waals surface area contributed by atoms with E-state index in [1.54, 1.807) is 6.92 Å². The van der Waals surface area contributed by atoms with Crippen LogP contribution in [-0.2, 0) is 0 Å². The van der Waals surface area contributed by atoms with Gasteiger partial charge < -0.3 is 20.4 Å². The highest BCUT2D eigenvalue weighted by molar-refractivity contribution is 4.95. The summed E-state index contributed by atoms with van der Waals surface area (Å²) in [7, 11) is 0. The van der Waals surface area contributed by atoms with Crippen LogP contribution in [0.1, 0.15) is 6.92 Å². The Morgan fingerprint density at radius 3 is 1.73 bits per heavy atom. The summed E-state index contributed by atoms with van der Waals surface area (Å²) in [5.41, 5.74) is 0. The molecular weight excluding hydrogens is 148 g/mol. The zero-order chi connectivity index (χ0) is 8.59. The van der Waals surface area contributed by atoms with Gasteiger partial charge >= 0.3 is 0 Å². The van der Waals surface area contributed by atoms with Crippen molar-refractivity contribution in [3.63, 3.8) is 0 Å². The van der Waals surface area contributed by atoms with Crippen molar-refractivity contribution in [3.05, 3.63) is 0 Å². The molecule has 0 spiro atoms. The van der Waals surface area contributed by atoms with Gasteiger partial charge in [-0.3, -0.25) is 0 Å². The van der Waals surface area contributed by atoms with E-state index in [0.29, 0.717) is 0 Å². The van der Waals surface area contributed by atoms with Crippen LogP contribution in [0.2, 0.25) is 0 Å². The smallest absolute Gasteiger partial charge is 0.0877 e. The molecule has 0 amide bonds. The van der Waals surface area contributed by atoms with Crippen LogP contribution in [0.4, 0.5) is 0 Å². The van der Waals surface area contributed by atoms with E-state index >= 15 is 0 Å². The zero-order valence-electron chi connectivity index (χ0n) is 6.38. The quantitative estimate of drug-likeness (QED) is 0.371. The van der Waals surface area contributed by atoms with E-state index in [1.807, 2.05) is 0 Å². The maximum atomic E-state index is 9.32. The highest BCUT2D eigenvalue weighted by Gasteiger charge is 2.45. The average molecular weight is 162 g/mol. The van der Waals surface area contributed by atoms with Crippen molar-refractivity contribution in [2.24, 2.45) is 11.8 Å². The number of aliphatic hydroxyl groups excluding tert-OH is 4. The molecule has 66 valence electrons. The first-order valence-corrected chi connectivity index (χ1v) is 3.74. The molecule has 1 aliphatic rings. The van der Waals surface area contributed by atoms with E-state index < -0.39 is 24.2 Å². The van der Waals surface area contributed by atoms with Gasteiger partial charge in [0.25, 0.3) is 0 Å². The second kappa shape index (κ2) is 3.06. The molecular formula is C7H14O4. The number of hydrogen-bond acceptors (Lipinski definition) is 4. The van der Waals surface area contributed by atoms with Crippen LogP contribution in [0.15, 0.2) is 0 Å². The SMILES string of the molecule is CC1C(O)C(O)C(CO)C1O. The first-order chi connectivity index (χ1) is 5.09. The fourth-order valence-electron chi connectivity index (χ4n) is 1.57. The van der Waals surface area contributed by atoms with Gasteiger partial charge in [0.1, 0.15) is 0 Å². The molecule has 4 nitrogen and oxygen atoms in total. The minimum Gasteiger partial charge on any atom is -0.396 e. The summed E-state index contributed by atoms with van der Waals surface area (Å²) in [6.07, 6.45) is -2.71. The van der Waals surface area contributed by atoms with E-state index in [9.17, 15) is 15.3 Å². The molecule has 1 fully saturated rings. The molecule has 1 saturated carbocycles. The van der Waals surface area contributed by atoms with Crippen LogP contribution >= 0.6 is 0 Å². The van der Waals surface area contributed by atoms with Crippen LogP contribution in [0.3, 0.4) is 0 Å². The Morgan fingerprint density at radius 2 is 1.55 bits per heavy atom. The third kappa shape index (κ3) is 1.27. The van der Waals surface area contributed by atoms with Crippen LogP contribution < -0.4 is 0 Å². The van der Waals surface area contributed by atoms with Crippen molar-refractivity contribution in [2.75, 3.05) is 6.61 Å². The van der Waals surface area contributed by atoms with Gasteiger partial charge in [0.05, 0.1) is 24.9 Å². The lowest BCUT2D eigenvalue weighted by molar-refractivity contribution is -0.00781. The van der Waals surface area contributed by atoms with E-state index in [-0.39, 0.29) is 12.5 Å². The standard InChI is InChI=1S/C7H14O4/c1-3-5(9)4(2-8)7(11)6(3)10/h3-11H,2H2,1H3. The number of rotatable bonds is 1. The van der Waals surface area contributed by atoms with Crippen molar-refractivity contribution in [1.29, 1.82) is 0 Å². The zero-order valence-corrected chi connectivity index (χ0v) is 6.38. The van der Waals surface area contributed by atoms with Crippen LogP contribution in [-0.4, -0.2) is 45.3 Å². The maximum absolute atomic E-state index is 9.32. The Balaban J connectivity index is 2.69. The fraction of sp³-hybridized carbons (Fsp3) is 1.00. The maximum Gasteiger partial charge on any atom is 0.0877 e. The van der Waals surface area contributed by atoms with Gasteiger partial charge in [-0.15, -0.1) is 0 Å². The molecule has 0 bridgehead atoms. The second-order valence-corrected chi connectivity index (χ2v) is 3.18. The topological polar surface area (TPSA) is 80.9 Å². The van der Waals surface area contributed by atoms with Gasteiger partial charge in [-0.25, -0.2) is 0 Å². The molecule has 0 aromatic carbocycles. The third-order valence-corrected chi connectivity index (χ3v) is 2.52. The van der Waals surface area contributed by atoms with Crippen molar-refractivity contribution in [3.8, 4) is 0 Å². The summed E-state index contributed by atoms with van der Waals surface area (Å²) in [5.74, 6) is -0.956. The molecule has 11 heavy (non-hydrogen) atoms. The van der Waals surface area contributed by atoms with Gasteiger partial charge in [0, 0.05) is 11.8 Å². The Bertz CT molecular complexity index is 124. The summed E-state index contributed by atoms with van der Waals surface area (Å²) in [6.45, 7) is 1.36. The largest absolute Gasteiger partial charge is 0.396 e. The van der Waals surface area contributed by atoms with Crippen molar-refractivity contribution in [2.45, 2.75) is 25.2 Å². The molecule has 1 aliphatic carbocycles. The van der Waals surface area contributed by atoms with Gasteiger partial charge in [0.15, 0.2) is 0 Å². The molecule has 1 rings (SSSR count). The molecule has 4 N–H and O–H groups in total. The van der Waals surface area contributed by atoms with Crippen molar-refractivity contribution < 1.29 is 20.4 Å². The third-order valence-electron chi connectivity index (χ3n) is 2.52. The molecule has 0 aromatic heterocycles. The van der Waals surface area contributed by atoms with Gasteiger partial charge in [-0.2, -0.15) is 0 Å². The molecule has 4 heteroatoms. The normalized spacial score (nSPS) is 51.5. The monoisotopic (exact) mass is 162 g/mol. The highest BCUT2D eigenvalue weighted by atomic mass is 16.3. The molecule has 0 radical (unpaired) electrons. The Morgan fingerprint density at radius 1 is 1.00 bits per heavy atom. The predicted molar refractivity (Wildman–Crippen MR) is 37.8 cm³/mol. The Labute approximate surface area is 65.1 Å². The van der Waals surface area contributed by atoms with Gasteiger partial charge in [-0.05, 0) is 0 Å². The summed E-state index contributed by atoms with van der Waals surface area (Å²) in [4.78, 5) is 0. The van der Waals surface area contributed by atoms with E-state index in [4.69, 9.17) is 5.11 Å². The minimum absolute atomic E-state index is 0.288. The summed E-state index contributed by atoms with van der Waals surface area (Å²) >= 11 is 0. The Kier molecular flexibility index (Phi) is 2.49. The molecule has 5 unspecified atom stereocenters. The molecule has 0 aliphatic heterocycles. The second-order valence-electron chi connectivity index (χ2n) is 3.18. The lowest BCUT2D eigenvalue weighted by Crippen LogP contribution is -2.29. The van der Waals surface area contributed by atoms with Crippen molar-refractivity contribution >= 4 is 0 Å². The number of aliphatic hydroxyl groups is 4. The summed E-state index contributed by atoms with van der Waals surface area (Å²) < 4.78 is 0. The highest BCUT2D eigenvalue weighted by Crippen LogP contribution is 2.31. The lowest BCUT2D eigenvalue weighted by atomic mass is 10.0. The number of hydrogen-bond donors (Lipinski definition) is 4. The van der Waals surface area contributed by atoms with Crippen LogP contribution in [0.25, 0.3) is 0 Å². The molecule has 0 aromatic rings. The van der Waals surface area contributed by atoms with E-state index in [0.717, 1.165) is 0 Å². The first kappa shape index (κ1) is 8.93. The van der Waals surface area contributed by atoms with Crippen LogP contribution in [0, 0.1) is 11.8 Å². The molecule has 5 atom stereocenters. The lowest BCUT2D eigenvalue weighted by Gasteiger charge is -2.14. The fourth-order valence-corrected chi connectivity index (χ4v) is 1.57. The average Bonchev–Trinajstić information content (AvgIpc) is 2.17. The first-order valence-electron chi connectivity index (χ1n) is 3.74. The van der Waals surface area contributed by atoms with Crippen LogP contribution in [0.5, 0.6) is 0 Å². The predicted octanol–water partition coefficient (Wildman–Crippen LogP) is -1.67.